The van der Waals surface area contributed by atoms with Gasteiger partial charge in [0.15, 0.2) is 0 Å². The zero-order valence-corrected chi connectivity index (χ0v) is 6.86. The van der Waals surface area contributed by atoms with Crippen LogP contribution >= 0.6 is 0 Å². The first-order chi connectivity index (χ1) is 6.15. The average Bonchev–Trinajstić information content (AvgIpc) is 2.17. The summed E-state index contributed by atoms with van der Waals surface area (Å²) in [6.45, 7) is 3.10. The Morgan fingerprint density at radius 3 is 2.00 bits per heavy atom. The third-order valence-electron chi connectivity index (χ3n) is 1.56. The summed E-state index contributed by atoms with van der Waals surface area (Å²) >= 11 is 0. The molecular weight excluding hydrogens is 168 g/mol. The van der Waals surface area contributed by atoms with Crippen LogP contribution in [-0.2, 0) is 0 Å². The van der Waals surface area contributed by atoms with Gasteiger partial charge in [0.1, 0.15) is 0 Å². The Labute approximate surface area is 75.1 Å². The topological polar surface area (TPSA) is 72.5 Å². The normalized spacial score (nSPS) is 9.23. The van der Waals surface area contributed by atoms with Gasteiger partial charge in [0.2, 0.25) is 5.91 Å². The summed E-state index contributed by atoms with van der Waals surface area (Å²) in [5.41, 5.74) is 5.76. The third-order valence-corrected chi connectivity index (χ3v) is 1.56. The molecule has 0 radical (unpaired) electrons. The number of amides is 2. The van der Waals surface area contributed by atoms with Crippen LogP contribution < -0.4 is 5.73 Å². The van der Waals surface area contributed by atoms with Gasteiger partial charge in [-0.2, -0.15) is 0 Å². The smallest absolute Gasteiger partial charge is 0.276 e. The highest BCUT2D eigenvalue weighted by molar-refractivity contribution is 5.98. The van der Waals surface area contributed by atoms with Crippen LogP contribution in [0.25, 0.3) is 0 Å². The van der Waals surface area contributed by atoms with Crippen LogP contribution in [0.5, 0.6) is 0 Å². The maximum Gasteiger partial charge on any atom is 0.276 e. The largest absolute Gasteiger partial charge is 0.366 e. The molecule has 4 heteroatoms. The van der Waals surface area contributed by atoms with E-state index in [1.54, 1.807) is 0 Å². The fraction of sp³-hybridized carbons (Fsp3) is 0. The molecule has 0 spiro atoms. The quantitative estimate of drug-likeness (QED) is 0.671. The van der Waals surface area contributed by atoms with Gasteiger partial charge in [0, 0.05) is 11.1 Å². The second-order valence-electron chi connectivity index (χ2n) is 2.40. The molecule has 66 valence electrons. The molecule has 0 unspecified atom stereocenters. The van der Waals surface area contributed by atoms with Crippen molar-refractivity contribution in [1.82, 2.24) is 0 Å². The van der Waals surface area contributed by atoms with E-state index < -0.39 is 11.8 Å². The van der Waals surface area contributed by atoms with Gasteiger partial charge in [0.25, 0.3) is 5.91 Å². The molecule has 13 heavy (non-hydrogen) atoms. The summed E-state index contributed by atoms with van der Waals surface area (Å²) in [5, 5.41) is 0. The number of hydrogen-bond acceptors (Lipinski definition) is 2. The lowest BCUT2D eigenvalue weighted by atomic mass is 10.1. The molecule has 2 N–H and O–H groups in total. The number of primary amides is 1. The average molecular weight is 176 g/mol. The lowest BCUT2D eigenvalue weighted by Crippen LogP contribution is -2.10. The van der Waals surface area contributed by atoms with Crippen LogP contribution in [0.4, 0.5) is 0 Å². The summed E-state index contributed by atoms with van der Waals surface area (Å²) in [5.74, 6) is -0.943. The Hall–Kier alpha value is -1.97. The van der Waals surface area contributed by atoms with Gasteiger partial charge in [-0.15, -0.1) is 0 Å². The molecule has 0 aromatic heterocycles. The van der Waals surface area contributed by atoms with Crippen molar-refractivity contribution in [1.29, 1.82) is 0 Å². The monoisotopic (exact) mass is 176 g/mol. The van der Waals surface area contributed by atoms with Gasteiger partial charge in [0.05, 0.1) is 0 Å². The molecule has 2 amide bonds. The van der Waals surface area contributed by atoms with E-state index in [1.165, 1.54) is 24.3 Å². The maximum absolute atomic E-state index is 10.9. The van der Waals surface area contributed by atoms with Gasteiger partial charge in [-0.3, -0.25) is 9.59 Å². The molecule has 0 saturated heterocycles. The van der Waals surface area contributed by atoms with Crippen molar-refractivity contribution in [2.45, 2.75) is 0 Å². The predicted octanol–water partition coefficient (Wildman–Crippen LogP) is 0.626. The minimum absolute atomic E-state index is 0.362. The lowest BCUT2D eigenvalue weighted by molar-refractivity contribution is 0.0990. The molecule has 0 aliphatic rings. The first kappa shape index (κ1) is 9.12. The second kappa shape index (κ2) is 3.62. The fourth-order valence-corrected chi connectivity index (χ4v) is 0.868. The van der Waals surface area contributed by atoms with Crippen molar-refractivity contribution in [3.05, 3.63) is 35.4 Å². The van der Waals surface area contributed by atoms with E-state index in [0.29, 0.717) is 11.1 Å². The Bertz CT molecular complexity index is 354. The highest BCUT2D eigenvalue weighted by Gasteiger charge is 2.03. The number of hydrogen-bond donors (Lipinski definition) is 1. The van der Waals surface area contributed by atoms with Crippen LogP contribution in [0.2, 0.25) is 0 Å². The summed E-state index contributed by atoms with van der Waals surface area (Å²) < 4.78 is 0. The molecule has 0 heterocycles. The maximum atomic E-state index is 10.9. The summed E-state index contributed by atoms with van der Waals surface area (Å²) in [6.07, 6.45) is 0. The Kier molecular flexibility index (Phi) is 2.54. The molecule has 1 aromatic carbocycles. The van der Waals surface area contributed by atoms with E-state index in [4.69, 9.17) is 5.73 Å². The minimum atomic E-state index is -0.523. The van der Waals surface area contributed by atoms with E-state index in [2.05, 4.69) is 11.7 Å². The number of carbonyl (C=O) groups is 2. The Morgan fingerprint density at radius 1 is 1.15 bits per heavy atom. The van der Waals surface area contributed by atoms with Crippen LogP contribution in [0, 0.1) is 0 Å². The number of aliphatic imine (C=N–C) groups is 1. The van der Waals surface area contributed by atoms with Gasteiger partial charge in [-0.05, 0) is 31.0 Å². The predicted molar refractivity (Wildman–Crippen MR) is 48.8 cm³/mol. The summed E-state index contributed by atoms with van der Waals surface area (Å²) in [6, 6.07) is 5.91. The van der Waals surface area contributed by atoms with Crippen molar-refractivity contribution in [2.24, 2.45) is 10.7 Å². The first-order valence-electron chi connectivity index (χ1n) is 3.56. The van der Waals surface area contributed by atoms with E-state index in [-0.39, 0.29) is 0 Å². The number of carbonyl (C=O) groups excluding carboxylic acids is 2. The molecular formula is C9H8N2O2. The number of nitrogens with zero attached hydrogens (tertiary/aromatic N) is 1. The van der Waals surface area contributed by atoms with Crippen LogP contribution in [0.3, 0.4) is 0 Å². The van der Waals surface area contributed by atoms with E-state index in [0.717, 1.165) is 0 Å². The fourth-order valence-electron chi connectivity index (χ4n) is 0.868. The molecule has 0 atom stereocenters. The molecule has 0 fully saturated rings. The van der Waals surface area contributed by atoms with Gasteiger partial charge in [-0.25, -0.2) is 4.99 Å². The van der Waals surface area contributed by atoms with E-state index in [1.807, 2.05) is 0 Å². The first-order valence-corrected chi connectivity index (χ1v) is 3.56. The van der Waals surface area contributed by atoms with Crippen molar-refractivity contribution in [2.75, 3.05) is 0 Å². The molecule has 0 aliphatic carbocycles. The molecule has 0 bridgehead atoms. The molecule has 0 saturated carbocycles. The SMILES string of the molecule is C=NC(=O)c1ccc(C(N)=O)cc1. The van der Waals surface area contributed by atoms with Gasteiger partial charge < -0.3 is 5.73 Å². The second-order valence-corrected chi connectivity index (χ2v) is 2.40. The Balaban J connectivity index is 3.00. The number of nitrogens with two attached hydrogens (primary N) is 1. The van der Waals surface area contributed by atoms with Gasteiger partial charge >= 0.3 is 0 Å². The van der Waals surface area contributed by atoms with Crippen LogP contribution in [0.15, 0.2) is 29.3 Å². The standard InChI is InChI=1S/C9H8N2O2/c1-11-9(13)7-4-2-6(3-5-7)8(10)12/h2-5H,1H2,(H2,10,12). The van der Waals surface area contributed by atoms with Crippen molar-refractivity contribution < 1.29 is 9.59 Å². The third kappa shape index (κ3) is 1.99. The van der Waals surface area contributed by atoms with Crippen molar-refractivity contribution in [3.63, 3.8) is 0 Å². The summed E-state index contributed by atoms with van der Waals surface area (Å²) in [7, 11) is 0. The molecule has 4 nitrogen and oxygen atoms in total. The lowest BCUT2D eigenvalue weighted by Gasteiger charge is -1.96. The van der Waals surface area contributed by atoms with Crippen molar-refractivity contribution in [3.8, 4) is 0 Å². The molecule has 0 aliphatic heterocycles. The van der Waals surface area contributed by atoms with E-state index >= 15 is 0 Å². The molecule has 1 rings (SSSR count). The van der Waals surface area contributed by atoms with Crippen LogP contribution in [-0.4, -0.2) is 18.5 Å². The Morgan fingerprint density at radius 2 is 1.62 bits per heavy atom. The van der Waals surface area contributed by atoms with Crippen molar-refractivity contribution >= 4 is 18.5 Å². The van der Waals surface area contributed by atoms with Gasteiger partial charge in [-0.1, -0.05) is 0 Å². The summed E-state index contributed by atoms with van der Waals surface area (Å²) in [4.78, 5) is 24.8. The van der Waals surface area contributed by atoms with E-state index in [9.17, 15) is 9.59 Å². The highest BCUT2D eigenvalue weighted by Crippen LogP contribution is 2.04. The zero-order valence-electron chi connectivity index (χ0n) is 6.86. The molecule has 1 aromatic rings. The minimum Gasteiger partial charge on any atom is -0.366 e. The number of rotatable bonds is 2. The highest BCUT2D eigenvalue weighted by atomic mass is 16.1. The zero-order chi connectivity index (χ0) is 9.84. The number of benzene rings is 1. The van der Waals surface area contributed by atoms with Crippen LogP contribution in [0.1, 0.15) is 20.7 Å².